The van der Waals surface area contributed by atoms with Gasteiger partial charge < -0.3 is 15.0 Å². The lowest BCUT2D eigenvalue weighted by Gasteiger charge is -2.27. The van der Waals surface area contributed by atoms with Crippen LogP contribution >= 0.6 is 0 Å². The van der Waals surface area contributed by atoms with Gasteiger partial charge in [0, 0.05) is 27.6 Å². The highest BCUT2D eigenvalue weighted by molar-refractivity contribution is 6.20. The van der Waals surface area contributed by atoms with Crippen molar-refractivity contribution in [3.63, 3.8) is 0 Å². The average Bonchev–Trinajstić information content (AvgIpc) is 3.49. The van der Waals surface area contributed by atoms with E-state index in [0.717, 1.165) is 62.2 Å². The van der Waals surface area contributed by atoms with Crippen molar-refractivity contribution >= 4 is 33.2 Å². The summed E-state index contributed by atoms with van der Waals surface area (Å²) in [5.41, 5.74) is 10.7. The van der Waals surface area contributed by atoms with Gasteiger partial charge in [0.15, 0.2) is 0 Å². The number of benzene rings is 6. The SMILES string of the molecule is CCc1cc(C2=NC(c3ccccc3)NC(c3ccccc3)=C2C#N)ccc1-c1cc(-n2c3ccccc3c3ccccc32)ccc1O. The van der Waals surface area contributed by atoms with Crippen LogP contribution in [0.5, 0.6) is 5.75 Å². The van der Waals surface area contributed by atoms with E-state index >= 15 is 0 Å². The van der Waals surface area contributed by atoms with Gasteiger partial charge in [-0.25, -0.2) is 0 Å². The molecule has 2 N–H and O–H groups in total. The number of hydrogen-bond acceptors (Lipinski definition) is 4. The van der Waals surface area contributed by atoms with Gasteiger partial charge in [-0.2, -0.15) is 5.26 Å². The van der Waals surface area contributed by atoms with Gasteiger partial charge in [0.2, 0.25) is 0 Å². The number of aromatic nitrogens is 1. The Morgan fingerprint density at radius 1 is 0.708 bits per heavy atom. The zero-order valence-corrected chi connectivity index (χ0v) is 26.4. The van der Waals surface area contributed by atoms with Gasteiger partial charge in [-0.1, -0.05) is 116 Å². The van der Waals surface area contributed by atoms with Crippen LogP contribution in [0.15, 0.2) is 156 Å². The van der Waals surface area contributed by atoms with Crippen molar-refractivity contribution in [3.8, 4) is 28.6 Å². The number of nitrogens with zero attached hydrogens (tertiary/aromatic N) is 3. The number of rotatable bonds is 6. The van der Waals surface area contributed by atoms with Gasteiger partial charge in [0.05, 0.1) is 22.4 Å². The fourth-order valence-corrected chi connectivity index (χ4v) is 6.88. The quantitative estimate of drug-likeness (QED) is 0.194. The Hall–Kier alpha value is -6.38. The summed E-state index contributed by atoms with van der Waals surface area (Å²) in [4.78, 5) is 5.12. The van der Waals surface area contributed by atoms with Crippen LogP contribution in [0, 0.1) is 11.3 Å². The number of para-hydroxylation sites is 2. The Kier molecular flexibility index (Phi) is 7.32. The molecule has 8 rings (SSSR count). The van der Waals surface area contributed by atoms with Crippen molar-refractivity contribution in [1.29, 1.82) is 5.26 Å². The Balaban J connectivity index is 1.27. The molecule has 1 aliphatic rings. The van der Waals surface area contributed by atoms with Crippen molar-refractivity contribution in [2.24, 2.45) is 4.99 Å². The predicted octanol–water partition coefficient (Wildman–Crippen LogP) is 9.74. The van der Waals surface area contributed by atoms with Crippen molar-refractivity contribution in [3.05, 3.63) is 173 Å². The summed E-state index contributed by atoms with van der Waals surface area (Å²) in [6, 6.07) is 51.4. The number of allylic oxidation sites excluding steroid dienone is 1. The molecule has 0 saturated carbocycles. The summed E-state index contributed by atoms with van der Waals surface area (Å²) < 4.78 is 2.26. The number of phenols is 1. The molecule has 230 valence electrons. The third-order valence-corrected chi connectivity index (χ3v) is 9.18. The van der Waals surface area contributed by atoms with Crippen LogP contribution in [0.25, 0.3) is 44.3 Å². The van der Waals surface area contributed by atoms with Crippen LogP contribution in [0.2, 0.25) is 0 Å². The van der Waals surface area contributed by atoms with E-state index in [-0.39, 0.29) is 11.9 Å². The maximum atomic E-state index is 11.3. The van der Waals surface area contributed by atoms with Crippen molar-refractivity contribution in [2.45, 2.75) is 19.5 Å². The summed E-state index contributed by atoms with van der Waals surface area (Å²) >= 11 is 0. The van der Waals surface area contributed by atoms with Gasteiger partial charge >= 0.3 is 0 Å². The molecule has 1 atom stereocenters. The van der Waals surface area contributed by atoms with E-state index in [9.17, 15) is 10.4 Å². The Labute approximate surface area is 279 Å². The van der Waals surface area contributed by atoms with Crippen LogP contribution in [-0.2, 0) is 6.42 Å². The number of aryl methyl sites for hydroxylation is 1. The fourth-order valence-electron chi connectivity index (χ4n) is 6.88. The second-order valence-electron chi connectivity index (χ2n) is 12.0. The summed E-state index contributed by atoms with van der Waals surface area (Å²) in [7, 11) is 0. The average molecular weight is 621 g/mol. The Bertz CT molecular complexity index is 2380. The molecule has 5 nitrogen and oxygen atoms in total. The number of hydrogen-bond donors (Lipinski definition) is 2. The Morgan fingerprint density at radius 2 is 1.35 bits per heavy atom. The predicted molar refractivity (Wildman–Crippen MR) is 195 cm³/mol. The minimum absolute atomic E-state index is 0.217. The molecule has 0 bridgehead atoms. The van der Waals surface area contributed by atoms with Crippen LogP contribution in [0.4, 0.5) is 0 Å². The molecule has 1 unspecified atom stereocenters. The maximum Gasteiger partial charge on any atom is 0.145 e. The Morgan fingerprint density at radius 3 is 2.02 bits per heavy atom. The lowest BCUT2D eigenvalue weighted by atomic mass is 9.90. The zero-order valence-electron chi connectivity index (χ0n) is 26.4. The van der Waals surface area contributed by atoms with Gasteiger partial charge in [0.1, 0.15) is 23.6 Å². The smallest absolute Gasteiger partial charge is 0.145 e. The summed E-state index contributed by atoms with van der Waals surface area (Å²) in [5.74, 6) is 0.217. The lowest BCUT2D eigenvalue weighted by Crippen LogP contribution is -2.28. The first-order valence-corrected chi connectivity index (χ1v) is 16.2. The second kappa shape index (κ2) is 12.1. The number of nitrogens with one attached hydrogen (secondary N) is 1. The van der Waals surface area contributed by atoms with Gasteiger partial charge in [0.25, 0.3) is 0 Å². The molecule has 2 heterocycles. The number of nitriles is 1. The molecule has 0 aliphatic carbocycles. The molecule has 1 aliphatic heterocycles. The molecular formula is C43H32N4O. The zero-order chi connectivity index (χ0) is 32.6. The van der Waals surface area contributed by atoms with Crippen molar-refractivity contribution in [1.82, 2.24) is 9.88 Å². The standard InChI is InChI=1S/C43H32N4O/c1-2-28-25-31(42-37(27-44)41(29-13-5-3-6-14-29)45-43(46-42)30-15-7-4-8-16-30)21-23-33(28)36-26-32(22-24-40(36)48)47-38-19-11-9-17-34(38)35-18-10-12-20-39(35)47/h3-26,43,45,48H,2H2,1H3. The minimum atomic E-state index is -0.356. The lowest BCUT2D eigenvalue weighted by molar-refractivity contribution is 0.477. The van der Waals surface area contributed by atoms with E-state index in [1.165, 1.54) is 10.8 Å². The normalized spacial score (nSPS) is 14.5. The van der Waals surface area contributed by atoms with Gasteiger partial charge in [-0.3, -0.25) is 4.99 Å². The van der Waals surface area contributed by atoms with Crippen LogP contribution in [-0.4, -0.2) is 15.4 Å². The fraction of sp³-hybridized carbons (Fsp3) is 0.0698. The van der Waals surface area contributed by atoms with Crippen LogP contribution < -0.4 is 5.32 Å². The highest BCUT2D eigenvalue weighted by Crippen LogP contribution is 2.39. The first-order valence-electron chi connectivity index (χ1n) is 16.2. The van der Waals surface area contributed by atoms with E-state index in [1.807, 2.05) is 72.8 Å². The van der Waals surface area contributed by atoms with Gasteiger partial charge in [-0.05, 0) is 65.1 Å². The van der Waals surface area contributed by atoms with E-state index in [4.69, 9.17) is 4.99 Å². The molecule has 7 aromatic rings. The molecule has 6 aromatic carbocycles. The van der Waals surface area contributed by atoms with Crippen LogP contribution in [0.1, 0.15) is 35.3 Å². The number of phenolic OH excluding ortho intramolecular Hbond substituents is 1. The first kappa shape index (κ1) is 29.1. The molecule has 0 spiro atoms. The second-order valence-corrected chi connectivity index (χ2v) is 12.0. The third-order valence-electron chi connectivity index (χ3n) is 9.18. The number of aromatic hydroxyl groups is 1. The number of fused-ring (bicyclic) bond motifs is 3. The summed E-state index contributed by atoms with van der Waals surface area (Å²) in [6.07, 6.45) is 0.373. The summed E-state index contributed by atoms with van der Waals surface area (Å²) in [5, 5.41) is 27.7. The highest BCUT2D eigenvalue weighted by Gasteiger charge is 2.27. The molecule has 0 amide bonds. The van der Waals surface area contributed by atoms with Gasteiger partial charge in [-0.15, -0.1) is 0 Å². The highest BCUT2D eigenvalue weighted by atomic mass is 16.3. The minimum Gasteiger partial charge on any atom is -0.507 e. The van der Waals surface area contributed by atoms with Crippen molar-refractivity contribution < 1.29 is 5.11 Å². The largest absolute Gasteiger partial charge is 0.507 e. The monoisotopic (exact) mass is 620 g/mol. The van der Waals surface area contributed by atoms with E-state index in [0.29, 0.717) is 11.3 Å². The molecule has 0 fully saturated rings. The number of aliphatic imine (C=N–C) groups is 1. The molecule has 48 heavy (non-hydrogen) atoms. The van der Waals surface area contributed by atoms with Crippen molar-refractivity contribution in [2.75, 3.05) is 0 Å². The third kappa shape index (κ3) is 4.92. The molecule has 0 saturated heterocycles. The molecule has 1 aromatic heterocycles. The van der Waals surface area contributed by atoms with E-state index < -0.39 is 0 Å². The maximum absolute atomic E-state index is 11.3. The molecule has 0 radical (unpaired) electrons. The van der Waals surface area contributed by atoms with E-state index in [2.05, 4.69) is 89.6 Å². The summed E-state index contributed by atoms with van der Waals surface area (Å²) in [6.45, 7) is 2.12. The molecule has 5 heteroatoms. The first-order chi connectivity index (χ1) is 23.6. The van der Waals surface area contributed by atoms with Crippen LogP contribution in [0.3, 0.4) is 0 Å². The topological polar surface area (TPSA) is 73.3 Å². The van der Waals surface area contributed by atoms with E-state index in [1.54, 1.807) is 6.07 Å². The molecular weight excluding hydrogens is 589 g/mol.